The molecule has 1 aromatic heterocycles. The van der Waals surface area contributed by atoms with Gasteiger partial charge in [-0.1, -0.05) is 6.92 Å². The van der Waals surface area contributed by atoms with Crippen molar-refractivity contribution >= 4 is 11.3 Å². The summed E-state index contributed by atoms with van der Waals surface area (Å²) in [6, 6.07) is 0. The number of fused-ring (bicyclic) bond motifs is 1. The van der Waals surface area contributed by atoms with Crippen molar-refractivity contribution in [1.82, 2.24) is 10.3 Å². The zero-order chi connectivity index (χ0) is 13.1. The topological polar surface area (TPSA) is 34.1 Å². The van der Waals surface area contributed by atoms with Crippen molar-refractivity contribution in [2.75, 3.05) is 19.7 Å². The van der Waals surface area contributed by atoms with E-state index in [1.165, 1.54) is 47.7 Å². The quantitative estimate of drug-likeness (QED) is 0.839. The Balaban J connectivity index is 1.71. The Morgan fingerprint density at radius 2 is 2.32 bits per heavy atom. The molecule has 2 aliphatic rings. The van der Waals surface area contributed by atoms with Crippen LogP contribution in [0.3, 0.4) is 0 Å². The molecule has 3 nitrogen and oxygen atoms in total. The zero-order valence-corrected chi connectivity index (χ0v) is 12.6. The summed E-state index contributed by atoms with van der Waals surface area (Å²) in [6.07, 6.45) is 7.68. The average molecular weight is 280 g/mol. The smallest absolute Gasteiger partial charge is 0.122 e. The highest BCUT2D eigenvalue weighted by atomic mass is 32.1. The van der Waals surface area contributed by atoms with E-state index in [4.69, 9.17) is 9.72 Å². The molecule has 0 bridgehead atoms. The summed E-state index contributed by atoms with van der Waals surface area (Å²) in [5, 5.41) is 4.80. The van der Waals surface area contributed by atoms with Crippen LogP contribution in [0.1, 0.15) is 66.6 Å². The van der Waals surface area contributed by atoms with Crippen LogP contribution < -0.4 is 5.32 Å². The first-order valence-electron chi connectivity index (χ1n) is 7.70. The van der Waals surface area contributed by atoms with Gasteiger partial charge < -0.3 is 10.1 Å². The third kappa shape index (κ3) is 3.01. The largest absolute Gasteiger partial charge is 0.371 e. The van der Waals surface area contributed by atoms with Crippen molar-refractivity contribution < 1.29 is 4.74 Å². The lowest BCUT2D eigenvalue weighted by Gasteiger charge is -2.21. The van der Waals surface area contributed by atoms with Gasteiger partial charge in [-0.05, 0) is 45.1 Å². The fourth-order valence-corrected chi connectivity index (χ4v) is 4.37. The van der Waals surface area contributed by atoms with E-state index in [1.807, 2.05) is 11.3 Å². The van der Waals surface area contributed by atoms with Crippen LogP contribution in [0.2, 0.25) is 0 Å². The minimum absolute atomic E-state index is 0.292. The normalized spacial score (nSPS) is 26.6. The molecule has 2 heterocycles. The molecule has 1 aliphatic carbocycles. The molecule has 1 aliphatic heterocycles. The van der Waals surface area contributed by atoms with E-state index in [9.17, 15) is 0 Å². The molecule has 0 radical (unpaired) electrons. The molecule has 4 heteroatoms. The van der Waals surface area contributed by atoms with Gasteiger partial charge in [-0.25, -0.2) is 4.98 Å². The first kappa shape index (κ1) is 13.5. The summed E-state index contributed by atoms with van der Waals surface area (Å²) in [7, 11) is 0. The maximum Gasteiger partial charge on any atom is 0.122 e. The van der Waals surface area contributed by atoms with Gasteiger partial charge in [0.25, 0.3) is 0 Å². The molecule has 0 saturated carbocycles. The Bertz CT molecular complexity index is 412. The summed E-state index contributed by atoms with van der Waals surface area (Å²) < 4.78 is 5.78. The fraction of sp³-hybridized carbons (Fsp3) is 0.800. The summed E-state index contributed by atoms with van der Waals surface area (Å²) >= 11 is 1.91. The SMILES string of the molecule is CCCNCC1CCCc2sc(C3CCCO3)nc21. The molecule has 106 valence electrons. The van der Waals surface area contributed by atoms with E-state index in [1.54, 1.807) is 0 Å². The summed E-state index contributed by atoms with van der Waals surface area (Å²) in [6.45, 7) is 5.35. The Labute approximate surface area is 119 Å². The Morgan fingerprint density at radius 1 is 1.37 bits per heavy atom. The molecule has 3 rings (SSSR count). The van der Waals surface area contributed by atoms with E-state index in [0.29, 0.717) is 12.0 Å². The molecule has 0 amide bonds. The Kier molecular flexibility index (Phi) is 4.51. The number of hydrogen-bond donors (Lipinski definition) is 1. The highest BCUT2D eigenvalue weighted by Gasteiger charge is 2.28. The molecule has 1 N–H and O–H groups in total. The van der Waals surface area contributed by atoms with Crippen molar-refractivity contribution in [3.63, 3.8) is 0 Å². The predicted octanol–water partition coefficient (Wildman–Crippen LogP) is 3.41. The third-order valence-electron chi connectivity index (χ3n) is 4.11. The minimum Gasteiger partial charge on any atom is -0.371 e. The number of aryl methyl sites for hydroxylation is 1. The maximum absolute atomic E-state index is 5.78. The number of nitrogens with one attached hydrogen (secondary N) is 1. The van der Waals surface area contributed by atoms with E-state index in [0.717, 1.165) is 26.1 Å². The Hall–Kier alpha value is -0.450. The number of hydrogen-bond acceptors (Lipinski definition) is 4. The molecule has 19 heavy (non-hydrogen) atoms. The molecule has 1 saturated heterocycles. The monoisotopic (exact) mass is 280 g/mol. The second-order valence-electron chi connectivity index (χ2n) is 5.66. The van der Waals surface area contributed by atoms with Crippen molar-refractivity contribution in [1.29, 1.82) is 0 Å². The van der Waals surface area contributed by atoms with E-state index < -0.39 is 0 Å². The van der Waals surface area contributed by atoms with Gasteiger partial charge in [0.2, 0.25) is 0 Å². The molecule has 1 aromatic rings. The number of aromatic nitrogens is 1. The standard InChI is InChI=1S/C15H24N2OS/c1-2-8-16-10-11-5-3-7-13-14(11)17-15(19-13)12-6-4-9-18-12/h11-12,16H,2-10H2,1H3. The molecule has 2 unspecified atom stereocenters. The number of nitrogens with zero attached hydrogens (tertiary/aromatic N) is 1. The predicted molar refractivity (Wildman–Crippen MR) is 78.9 cm³/mol. The number of thiazole rings is 1. The second kappa shape index (κ2) is 6.33. The van der Waals surface area contributed by atoms with E-state index in [2.05, 4.69) is 12.2 Å². The molecular weight excluding hydrogens is 256 g/mol. The van der Waals surface area contributed by atoms with Crippen LogP contribution in [0, 0.1) is 0 Å². The zero-order valence-electron chi connectivity index (χ0n) is 11.8. The lowest BCUT2D eigenvalue weighted by molar-refractivity contribution is 0.111. The summed E-state index contributed by atoms with van der Waals surface area (Å²) in [5.74, 6) is 0.627. The lowest BCUT2D eigenvalue weighted by Crippen LogP contribution is -2.24. The van der Waals surface area contributed by atoms with Gasteiger partial charge in [-0.3, -0.25) is 0 Å². The van der Waals surface area contributed by atoms with Gasteiger partial charge in [-0.15, -0.1) is 11.3 Å². The van der Waals surface area contributed by atoms with Gasteiger partial charge in [0.1, 0.15) is 11.1 Å². The third-order valence-corrected chi connectivity index (χ3v) is 5.33. The summed E-state index contributed by atoms with van der Waals surface area (Å²) in [4.78, 5) is 6.47. The van der Waals surface area contributed by atoms with Crippen LogP contribution in [0.4, 0.5) is 0 Å². The number of rotatable bonds is 5. The highest BCUT2D eigenvalue weighted by Crippen LogP contribution is 2.39. The lowest BCUT2D eigenvalue weighted by atomic mass is 9.91. The molecule has 0 spiro atoms. The van der Waals surface area contributed by atoms with Crippen LogP contribution >= 0.6 is 11.3 Å². The molecule has 2 atom stereocenters. The average Bonchev–Trinajstić information content (AvgIpc) is 3.08. The maximum atomic E-state index is 5.78. The summed E-state index contributed by atoms with van der Waals surface area (Å²) in [5.41, 5.74) is 1.38. The Morgan fingerprint density at radius 3 is 3.11 bits per heavy atom. The first-order chi connectivity index (χ1) is 9.38. The second-order valence-corrected chi connectivity index (χ2v) is 6.77. The fourth-order valence-electron chi connectivity index (χ4n) is 3.09. The van der Waals surface area contributed by atoms with Gasteiger partial charge in [0, 0.05) is 23.9 Å². The van der Waals surface area contributed by atoms with Crippen LogP contribution in [0.15, 0.2) is 0 Å². The van der Waals surface area contributed by atoms with Crippen LogP contribution in [-0.4, -0.2) is 24.7 Å². The number of ether oxygens (including phenoxy) is 1. The van der Waals surface area contributed by atoms with Crippen molar-refractivity contribution in [3.8, 4) is 0 Å². The molecular formula is C15H24N2OS. The van der Waals surface area contributed by atoms with Crippen molar-refractivity contribution in [2.24, 2.45) is 0 Å². The van der Waals surface area contributed by atoms with Crippen LogP contribution in [-0.2, 0) is 11.2 Å². The van der Waals surface area contributed by atoms with Crippen LogP contribution in [0.25, 0.3) is 0 Å². The molecule has 0 aromatic carbocycles. The van der Waals surface area contributed by atoms with Crippen molar-refractivity contribution in [2.45, 2.75) is 57.5 Å². The van der Waals surface area contributed by atoms with Gasteiger partial charge in [-0.2, -0.15) is 0 Å². The van der Waals surface area contributed by atoms with Crippen molar-refractivity contribution in [3.05, 3.63) is 15.6 Å². The van der Waals surface area contributed by atoms with E-state index in [-0.39, 0.29) is 0 Å². The van der Waals surface area contributed by atoms with Gasteiger partial charge >= 0.3 is 0 Å². The minimum atomic E-state index is 0.292. The van der Waals surface area contributed by atoms with Gasteiger partial charge in [0.05, 0.1) is 5.69 Å². The first-order valence-corrected chi connectivity index (χ1v) is 8.52. The van der Waals surface area contributed by atoms with E-state index >= 15 is 0 Å². The van der Waals surface area contributed by atoms with Gasteiger partial charge in [0.15, 0.2) is 0 Å². The molecule has 1 fully saturated rings. The highest BCUT2D eigenvalue weighted by molar-refractivity contribution is 7.11. The van der Waals surface area contributed by atoms with Crippen LogP contribution in [0.5, 0.6) is 0 Å².